The van der Waals surface area contributed by atoms with Crippen LogP contribution in [-0.4, -0.2) is 17.2 Å². The average molecular weight is 550 g/mol. The largest absolute Gasteiger partial charge is 0.330 e. The van der Waals surface area contributed by atoms with Gasteiger partial charge < -0.3 is 4.90 Å². The van der Waals surface area contributed by atoms with Crippen LogP contribution in [0.2, 0.25) is 0 Å². The number of hydrogen-bond donors (Lipinski definition) is 0. The van der Waals surface area contributed by atoms with Crippen LogP contribution in [-0.2, 0) is 11.8 Å². The summed E-state index contributed by atoms with van der Waals surface area (Å²) in [5.41, 5.74) is 8.74. The topological polar surface area (TPSA) is 28.5 Å². The lowest BCUT2D eigenvalue weighted by Gasteiger charge is -2.55. The lowest BCUT2D eigenvalue weighted by Crippen LogP contribution is -2.49. The van der Waals surface area contributed by atoms with Crippen molar-refractivity contribution in [2.45, 2.75) is 117 Å². The van der Waals surface area contributed by atoms with Gasteiger partial charge in [-0.05, 0) is 97.8 Å². The molecule has 0 radical (unpaired) electrons. The van der Waals surface area contributed by atoms with Gasteiger partial charge in [0.1, 0.15) is 5.82 Å². The third-order valence-electron chi connectivity index (χ3n) is 11.2. The molecule has 0 atom stereocenters. The van der Waals surface area contributed by atoms with Crippen molar-refractivity contribution in [2.24, 2.45) is 21.7 Å². The second kappa shape index (κ2) is 11.2. The molecule has 5 aliphatic rings. The van der Waals surface area contributed by atoms with Gasteiger partial charge in [-0.15, -0.1) is 0 Å². The summed E-state index contributed by atoms with van der Waals surface area (Å²) in [7, 11) is 0. The molecule has 2 heterocycles. The van der Waals surface area contributed by atoms with Gasteiger partial charge in [0.05, 0.1) is 5.70 Å². The van der Waals surface area contributed by atoms with E-state index in [-0.39, 0.29) is 5.41 Å². The van der Waals surface area contributed by atoms with Gasteiger partial charge in [-0.1, -0.05) is 83.9 Å². The van der Waals surface area contributed by atoms with E-state index in [1.807, 2.05) is 6.20 Å². The van der Waals surface area contributed by atoms with E-state index < -0.39 is 0 Å². The van der Waals surface area contributed by atoms with Crippen LogP contribution < -0.4 is 4.90 Å². The molecule has 218 valence electrons. The SMILES string of the molecule is C=C(C1CCCCC1)N(CC12CCC(c3ccc(CC)cc3)(CC1)CC2)c1cc(C2=CCC(C(C)(C)C)=N2)ccn1. The Balaban J connectivity index is 1.26. The van der Waals surface area contributed by atoms with Crippen molar-refractivity contribution in [3.05, 3.63) is 77.6 Å². The van der Waals surface area contributed by atoms with Crippen LogP contribution in [0, 0.1) is 16.7 Å². The quantitative estimate of drug-likeness (QED) is 0.328. The number of allylic oxidation sites excluding steroid dienone is 2. The average Bonchev–Trinajstić information content (AvgIpc) is 3.53. The van der Waals surface area contributed by atoms with E-state index in [0.717, 1.165) is 30.9 Å². The molecule has 0 N–H and O–H groups in total. The highest BCUT2D eigenvalue weighted by Gasteiger charge is 2.50. The van der Waals surface area contributed by atoms with Crippen molar-refractivity contribution in [3.63, 3.8) is 0 Å². The number of aryl methyl sites for hydroxylation is 1. The smallest absolute Gasteiger partial charge is 0.133 e. The molecule has 4 saturated carbocycles. The predicted octanol–water partition coefficient (Wildman–Crippen LogP) is 10.1. The van der Waals surface area contributed by atoms with Crippen molar-refractivity contribution < 1.29 is 0 Å². The molecule has 0 saturated heterocycles. The molecule has 1 aliphatic heterocycles. The normalized spacial score (nSPS) is 26.5. The van der Waals surface area contributed by atoms with Crippen molar-refractivity contribution in [1.82, 2.24) is 4.98 Å². The van der Waals surface area contributed by atoms with E-state index in [9.17, 15) is 0 Å². The molecule has 3 heteroatoms. The Labute approximate surface area is 249 Å². The number of pyridine rings is 1. The minimum Gasteiger partial charge on any atom is -0.330 e. The number of rotatable bonds is 8. The summed E-state index contributed by atoms with van der Waals surface area (Å²) in [5, 5.41) is 0. The van der Waals surface area contributed by atoms with Crippen LogP contribution >= 0.6 is 0 Å². The Hall–Kier alpha value is -2.68. The molecule has 4 aliphatic carbocycles. The van der Waals surface area contributed by atoms with E-state index in [2.05, 4.69) is 75.1 Å². The molecule has 7 rings (SSSR count). The third-order valence-corrected chi connectivity index (χ3v) is 11.2. The maximum Gasteiger partial charge on any atom is 0.133 e. The van der Waals surface area contributed by atoms with E-state index in [0.29, 0.717) is 16.7 Å². The van der Waals surface area contributed by atoms with E-state index in [1.165, 1.54) is 93.2 Å². The van der Waals surface area contributed by atoms with Gasteiger partial charge in [0, 0.05) is 41.5 Å². The molecule has 0 spiro atoms. The number of fused-ring (bicyclic) bond motifs is 3. The molecule has 2 bridgehead atoms. The van der Waals surface area contributed by atoms with Crippen molar-refractivity contribution in [3.8, 4) is 0 Å². The van der Waals surface area contributed by atoms with Crippen molar-refractivity contribution in [1.29, 1.82) is 0 Å². The van der Waals surface area contributed by atoms with Gasteiger partial charge in [0.25, 0.3) is 0 Å². The first-order chi connectivity index (χ1) is 19.7. The van der Waals surface area contributed by atoms with Gasteiger partial charge in [0.15, 0.2) is 0 Å². The van der Waals surface area contributed by atoms with Crippen LogP contribution in [0.25, 0.3) is 5.70 Å². The zero-order chi connectivity index (χ0) is 28.7. The zero-order valence-electron chi connectivity index (χ0n) is 26.1. The number of aromatic nitrogens is 1. The minimum absolute atomic E-state index is 0.101. The lowest BCUT2D eigenvalue weighted by atomic mass is 9.51. The fourth-order valence-electron chi connectivity index (χ4n) is 8.16. The van der Waals surface area contributed by atoms with Crippen LogP contribution in [0.5, 0.6) is 0 Å². The predicted molar refractivity (Wildman–Crippen MR) is 174 cm³/mol. The molecule has 41 heavy (non-hydrogen) atoms. The van der Waals surface area contributed by atoms with E-state index in [4.69, 9.17) is 16.6 Å². The summed E-state index contributed by atoms with van der Waals surface area (Å²) < 4.78 is 0. The monoisotopic (exact) mass is 549 g/mol. The fourth-order valence-corrected chi connectivity index (χ4v) is 8.16. The molecule has 1 aromatic carbocycles. The number of nitrogens with zero attached hydrogens (tertiary/aromatic N) is 3. The van der Waals surface area contributed by atoms with Crippen LogP contribution in [0.1, 0.15) is 121 Å². The third kappa shape index (κ3) is 5.71. The van der Waals surface area contributed by atoms with E-state index >= 15 is 0 Å². The van der Waals surface area contributed by atoms with Crippen LogP contribution in [0.4, 0.5) is 5.82 Å². The highest BCUT2D eigenvalue weighted by atomic mass is 15.2. The lowest BCUT2D eigenvalue weighted by molar-refractivity contribution is 0.0459. The van der Waals surface area contributed by atoms with Gasteiger partial charge in [-0.25, -0.2) is 4.98 Å². The number of anilines is 1. The Morgan fingerprint density at radius 2 is 1.63 bits per heavy atom. The van der Waals surface area contributed by atoms with Crippen LogP contribution in [0.3, 0.4) is 0 Å². The summed E-state index contributed by atoms with van der Waals surface area (Å²) in [6.45, 7) is 14.9. The van der Waals surface area contributed by atoms with Gasteiger partial charge >= 0.3 is 0 Å². The number of aliphatic imine (C=N–C) groups is 1. The molecule has 2 aromatic rings. The summed E-state index contributed by atoms with van der Waals surface area (Å²) in [4.78, 5) is 12.6. The maximum absolute atomic E-state index is 5.07. The zero-order valence-corrected chi connectivity index (χ0v) is 26.1. The molecule has 0 unspecified atom stereocenters. The van der Waals surface area contributed by atoms with Crippen molar-refractivity contribution >= 4 is 17.2 Å². The fraction of sp³-hybridized carbons (Fsp3) is 0.579. The summed E-state index contributed by atoms with van der Waals surface area (Å²) >= 11 is 0. The highest BCUT2D eigenvalue weighted by Crippen LogP contribution is 2.58. The number of hydrogen-bond acceptors (Lipinski definition) is 3. The van der Waals surface area contributed by atoms with Gasteiger partial charge in [-0.3, -0.25) is 4.99 Å². The first kappa shape index (κ1) is 28.4. The van der Waals surface area contributed by atoms with Gasteiger partial charge in [-0.2, -0.15) is 0 Å². The Kier molecular flexibility index (Phi) is 7.76. The number of benzene rings is 1. The first-order valence-electron chi connectivity index (χ1n) is 16.5. The molecular weight excluding hydrogens is 498 g/mol. The molecular formula is C38H51N3. The summed E-state index contributed by atoms with van der Waals surface area (Å²) in [5.74, 6) is 1.65. The second-order valence-electron chi connectivity index (χ2n) is 14.7. The Bertz CT molecular complexity index is 1290. The maximum atomic E-state index is 5.07. The highest BCUT2D eigenvalue weighted by molar-refractivity contribution is 5.99. The summed E-state index contributed by atoms with van der Waals surface area (Å²) in [6.07, 6.45) is 20.8. The Morgan fingerprint density at radius 1 is 0.951 bits per heavy atom. The Morgan fingerprint density at radius 3 is 2.24 bits per heavy atom. The minimum atomic E-state index is 0.101. The van der Waals surface area contributed by atoms with Crippen LogP contribution in [0.15, 0.2) is 65.9 Å². The molecule has 3 nitrogen and oxygen atoms in total. The molecule has 1 aromatic heterocycles. The summed E-state index contributed by atoms with van der Waals surface area (Å²) in [6, 6.07) is 14.1. The molecule has 4 fully saturated rings. The second-order valence-corrected chi connectivity index (χ2v) is 14.7. The first-order valence-corrected chi connectivity index (χ1v) is 16.5. The van der Waals surface area contributed by atoms with Crippen molar-refractivity contribution in [2.75, 3.05) is 11.4 Å². The standard InChI is InChI=1S/C38H51N3/c1-6-29-12-14-32(15-13-29)38-22-19-37(20-23-38,21-24-38)27-41(28(2)30-10-8-7-9-11-30)35-26-31(18-25-39-35)33-16-17-34(40-33)36(3,4)5/h12-16,18,25-26,30H,2,6-11,17,19-24,27H2,1,3-5H3. The molecule has 0 amide bonds. The van der Waals surface area contributed by atoms with Gasteiger partial charge in [0.2, 0.25) is 0 Å². The van der Waals surface area contributed by atoms with E-state index in [1.54, 1.807) is 5.56 Å².